The Balaban J connectivity index is 3.01. The molecule has 0 spiro atoms. The molecule has 3 heteroatoms. The topological polar surface area (TPSA) is 9.23 Å². The van der Waals surface area contributed by atoms with Crippen LogP contribution in [-0.4, -0.2) is 6.61 Å². The van der Waals surface area contributed by atoms with E-state index < -0.39 is 6.61 Å². The first kappa shape index (κ1) is 11.0. The second kappa shape index (κ2) is 4.40. The molecule has 0 atom stereocenters. The summed E-state index contributed by atoms with van der Waals surface area (Å²) < 4.78 is 28.4. The third-order valence-corrected chi connectivity index (χ3v) is 2.04. The first-order valence-electron chi connectivity index (χ1n) is 4.37. The number of hydrogen-bond acceptors (Lipinski definition) is 1. The van der Waals surface area contributed by atoms with Gasteiger partial charge in [0, 0.05) is 0 Å². The Hall–Kier alpha value is -1.12. The first-order valence-corrected chi connectivity index (χ1v) is 4.37. The Labute approximate surface area is 82.7 Å². The molecule has 77 valence electrons. The number of hydrogen-bond donors (Lipinski definition) is 0. The molecule has 0 saturated heterocycles. The molecule has 0 bridgehead atoms. The van der Waals surface area contributed by atoms with Crippen LogP contribution in [0.5, 0.6) is 5.75 Å². The summed E-state index contributed by atoms with van der Waals surface area (Å²) in [5.74, 6) is 1.33. The standard InChI is InChI=1S/C11H13F2O/c1-7(2)9-5-4-6-10(8(9)3)14-11(12)13/h4-6,11H,1-3H3. The van der Waals surface area contributed by atoms with Crippen molar-refractivity contribution in [3.63, 3.8) is 0 Å². The van der Waals surface area contributed by atoms with E-state index in [9.17, 15) is 8.78 Å². The van der Waals surface area contributed by atoms with Gasteiger partial charge in [0.15, 0.2) is 0 Å². The van der Waals surface area contributed by atoms with Crippen LogP contribution in [0.4, 0.5) is 8.78 Å². The van der Waals surface area contributed by atoms with Crippen LogP contribution in [0.25, 0.3) is 0 Å². The molecule has 1 nitrogen and oxygen atoms in total. The number of rotatable bonds is 3. The Morgan fingerprint density at radius 3 is 2.43 bits per heavy atom. The van der Waals surface area contributed by atoms with Crippen molar-refractivity contribution >= 4 is 0 Å². The molecule has 1 rings (SSSR count). The first-order chi connectivity index (χ1) is 6.52. The molecule has 0 amide bonds. The SMILES string of the molecule is C[C](C)c1cccc(OC(F)F)c1C. The van der Waals surface area contributed by atoms with Crippen molar-refractivity contribution in [1.82, 2.24) is 0 Å². The summed E-state index contributed by atoms with van der Waals surface area (Å²) in [5, 5.41) is 0. The average molecular weight is 199 g/mol. The van der Waals surface area contributed by atoms with Gasteiger partial charge in [-0.25, -0.2) is 0 Å². The summed E-state index contributed by atoms with van der Waals surface area (Å²) in [5.41, 5.74) is 1.72. The normalized spacial score (nSPS) is 11.1. The van der Waals surface area contributed by atoms with E-state index >= 15 is 0 Å². The second-order valence-corrected chi connectivity index (χ2v) is 3.31. The van der Waals surface area contributed by atoms with Gasteiger partial charge in [-0.3, -0.25) is 0 Å². The van der Waals surface area contributed by atoms with E-state index in [-0.39, 0.29) is 5.75 Å². The average Bonchev–Trinajstić information content (AvgIpc) is 2.07. The zero-order chi connectivity index (χ0) is 10.7. The van der Waals surface area contributed by atoms with E-state index in [0.717, 1.165) is 17.0 Å². The van der Waals surface area contributed by atoms with Crippen LogP contribution in [0.1, 0.15) is 25.0 Å². The van der Waals surface area contributed by atoms with Gasteiger partial charge in [-0.2, -0.15) is 8.78 Å². The van der Waals surface area contributed by atoms with E-state index in [1.165, 1.54) is 0 Å². The van der Waals surface area contributed by atoms with Gasteiger partial charge in [0.05, 0.1) is 0 Å². The van der Waals surface area contributed by atoms with E-state index in [1.54, 1.807) is 19.1 Å². The zero-order valence-electron chi connectivity index (χ0n) is 8.47. The third kappa shape index (κ3) is 2.44. The molecule has 0 aliphatic carbocycles. The number of halogens is 2. The van der Waals surface area contributed by atoms with Crippen molar-refractivity contribution in [2.45, 2.75) is 27.4 Å². The van der Waals surface area contributed by atoms with Gasteiger partial charge in [-0.15, -0.1) is 0 Å². The monoisotopic (exact) mass is 199 g/mol. The van der Waals surface area contributed by atoms with Gasteiger partial charge in [-0.05, 0) is 30.0 Å². The Morgan fingerprint density at radius 2 is 1.93 bits per heavy atom. The second-order valence-electron chi connectivity index (χ2n) is 3.31. The summed E-state index contributed by atoms with van der Waals surface area (Å²) in [7, 11) is 0. The number of benzene rings is 1. The smallest absolute Gasteiger partial charge is 0.387 e. The van der Waals surface area contributed by atoms with Crippen LogP contribution in [-0.2, 0) is 0 Å². The molecule has 0 saturated carbocycles. The molecule has 14 heavy (non-hydrogen) atoms. The fraction of sp³-hybridized carbons (Fsp3) is 0.364. The van der Waals surface area contributed by atoms with Crippen LogP contribution < -0.4 is 4.74 Å². The van der Waals surface area contributed by atoms with E-state index in [1.807, 2.05) is 19.9 Å². The van der Waals surface area contributed by atoms with Gasteiger partial charge < -0.3 is 4.74 Å². The highest BCUT2D eigenvalue weighted by Crippen LogP contribution is 2.27. The van der Waals surface area contributed by atoms with Crippen molar-refractivity contribution in [2.24, 2.45) is 0 Å². The lowest BCUT2D eigenvalue weighted by atomic mass is 9.98. The predicted octanol–water partition coefficient (Wildman–Crippen LogP) is 3.56. The lowest BCUT2D eigenvalue weighted by Crippen LogP contribution is -2.05. The van der Waals surface area contributed by atoms with E-state index in [2.05, 4.69) is 4.74 Å². The van der Waals surface area contributed by atoms with Crippen molar-refractivity contribution in [3.8, 4) is 5.75 Å². The number of ether oxygens (including phenoxy) is 1. The Kier molecular flexibility index (Phi) is 3.44. The molecule has 1 aromatic rings. The maximum absolute atomic E-state index is 12.0. The molecule has 0 N–H and O–H groups in total. The predicted molar refractivity (Wildman–Crippen MR) is 51.5 cm³/mol. The molecular formula is C11H13F2O. The fourth-order valence-corrected chi connectivity index (χ4v) is 1.38. The molecule has 1 aromatic carbocycles. The highest BCUT2D eigenvalue weighted by molar-refractivity contribution is 5.44. The Morgan fingerprint density at radius 1 is 1.29 bits per heavy atom. The molecule has 0 aliphatic rings. The molecule has 0 heterocycles. The van der Waals surface area contributed by atoms with Crippen LogP contribution in [0.3, 0.4) is 0 Å². The van der Waals surface area contributed by atoms with Gasteiger partial charge in [0.25, 0.3) is 0 Å². The molecule has 0 aromatic heterocycles. The lowest BCUT2D eigenvalue weighted by Gasteiger charge is -2.13. The molecule has 0 unspecified atom stereocenters. The van der Waals surface area contributed by atoms with E-state index in [0.29, 0.717) is 0 Å². The number of alkyl halides is 2. The summed E-state index contributed by atoms with van der Waals surface area (Å²) in [4.78, 5) is 0. The molecule has 1 radical (unpaired) electrons. The summed E-state index contributed by atoms with van der Waals surface area (Å²) in [6.07, 6.45) is 0. The van der Waals surface area contributed by atoms with E-state index in [4.69, 9.17) is 0 Å². The van der Waals surface area contributed by atoms with Gasteiger partial charge in [0.1, 0.15) is 5.75 Å². The minimum absolute atomic E-state index is 0.249. The van der Waals surface area contributed by atoms with Crippen LogP contribution in [0.15, 0.2) is 18.2 Å². The molecular weight excluding hydrogens is 186 g/mol. The molecule has 0 fully saturated rings. The minimum atomic E-state index is -2.76. The summed E-state index contributed by atoms with van der Waals surface area (Å²) in [6, 6.07) is 5.16. The van der Waals surface area contributed by atoms with Crippen LogP contribution >= 0.6 is 0 Å². The van der Waals surface area contributed by atoms with Crippen molar-refractivity contribution in [2.75, 3.05) is 0 Å². The summed E-state index contributed by atoms with van der Waals surface area (Å²) in [6.45, 7) is 2.89. The summed E-state index contributed by atoms with van der Waals surface area (Å²) >= 11 is 0. The van der Waals surface area contributed by atoms with Crippen LogP contribution in [0, 0.1) is 12.8 Å². The van der Waals surface area contributed by atoms with Crippen LogP contribution in [0.2, 0.25) is 0 Å². The van der Waals surface area contributed by atoms with Crippen molar-refractivity contribution in [3.05, 3.63) is 35.2 Å². The fourth-order valence-electron chi connectivity index (χ4n) is 1.38. The maximum Gasteiger partial charge on any atom is 0.387 e. The molecule has 0 aliphatic heterocycles. The van der Waals surface area contributed by atoms with Gasteiger partial charge in [0.2, 0.25) is 0 Å². The van der Waals surface area contributed by atoms with Crippen molar-refractivity contribution in [1.29, 1.82) is 0 Å². The maximum atomic E-state index is 12.0. The Bertz CT molecular complexity index is 308. The quantitative estimate of drug-likeness (QED) is 0.723. The lowest BCUT2D eigenvalue weighted by molar-refractivity contribution is -0.0503. The highest BCUT2D eigenvalue weighted by Gasteiger charge is 2.11. The zero-order valence-corrected chi connectivity index (χ0v) is 8.47. The van der Waals surface area contributed by atoms with Crippen molar-refractivity contribution < 1.29 is 13.5 Å². The third-order valence-electron chi connectivity index (χ3n) is 2.04. The minimum Gasteiger partial charge on any atom is -0.435 e. The highest BCUT2D eigenvalue weighted by atomic mass is 19.3. The van der Waals surface area contributed by atoms with Gasteiger partial charge >= 0.3 is 6.61 Å². The largest absolute Gasteiger partial charge is 0.435 e. The van der Waals surface area contributed by atoms with Gasteiger partial charge in [-0.1, -0.05) is 26.0 Å².